The Balaban J connectivity index is 3.10. The quantitative estimate of drug-likeness (QED) is 0.582. The van der Waals surface area contributed by atoms with Crippen LogP contribution in [0.3, 0.4) is 0 Å². The van der Waals surface area contributed by atoms with Crippen LogP contribution in [0.5, 0.6) is 0 Å². The summed E-state index contributed by atoms with van der Waals surface area (Å²) in [5, 5.41) is 19.3. The van der Waals surface area contributed by atoms with Crippen LogP contribution in [0, 0.1) is 27.3 Å². The molecule has 0 saturated carbocycles. The first-order chi connectivity index (χ1) is 8.10. The first-order valence-corrected chi connectivity index (χ1v) is 5.16. The maximum atomic E-state index is 13.0. The zero-order valence-corrected chi connectivity index (χ0v) is 9.39. The van der Waals surface area contributed by atoms with Gasteiger partial charge in [-0.2, -0.15) is 5.26 Å². The van der Waals surface area contributed by atoms with Gasteiger partial charge < -0.3 is 4.90 Å². The van der Waals surface area contributed by atoms with E-state index in [9.17, 15) is 14.5 Å². The van der Waals surface area contributed by atoms with Crippen LogP contribution in [0.2, 0.25) is 0 Å². The summed E-state index contributed by atoms with van der Waals surface area (Å²) in [6, 6.07) is 5.42. The molecule has 0 unspecified atom stereocenters. The van der Waals surface area contributed by atoms with Crippen LogP contribution in [0.15, 0.2) is 18.2 Å². The lowest BCUT2D eigenvalue weighted by Crippen LogP contribution is -2.24. The summed E-state index contributed by atoms with van der Waals surface area (Å²) < 4.78 is 13.0. The number of nitrogens with zero attached hydrogens (tertiary/aromatic N) is 3. The molecule has 5 nitrogen and oxygen atoms in total. The second-order valence-electron chi connectivity index (χ2n) is 3.38. The highest BCUT2D eigenvalue weighted by Crippen LogP contribution is 2.28. The van der Waals surface area contributed by atoms with Crippen molar-refractivity contribution in [1.82, 2.24) is 0 Å². The Morgan fingerprint density at radius 2 is 2.29 bits per heavy atom. The average Bonchev–Trinajstić information content (AvgIpc) is 2.31. The second-order valence-corrected chi connectivity index (χ2v) is 3.38. The summed E-state index contributed by atoms with van der Waals surface area (Å²) >= 11 is 0. The monoisotopic (exact) mass is 237 g/mol. The highest BCUT2D eigenvalue weighted by molar-refractivity contribution is 5.63. The standard InChI is InChI=1S/C11H12FN3O2/c1-2-14(7-3-6-13)10-5-4-9(12)8-11(10)15(16)17/h4-5,8H,2-3,7H2,1H3. The topological polar surface area (TPSA) is 70.2 Å². The van der Waals surface area contributed by atoms with E-state index in [1.54, 1.807) is 4.90 Å². The van der Waals surface area contributed by atoms with Gasteiger partial charge in [-0.25, -0.2) is 4.39 Å². The number of nitriles is 1. The van der Waals surface area contributed by atoms with Gasteiger partial charge in [0.15, 0.2) is 0 Å². The smallest absolute Gasteiger partial charge is 0.295 e. The highest BCUT2D eigenvalue weighted by atomic mass is 19.1. The Kier molecular flexibility index (Phi) is 4.40. The number of rotatable bonds is 5. The van der Waals surface area contributed by atoms with E-state index in [4.69, 9.17) is 5.26 Å². The van der Waals surface area contributed by atoms with Crippen LogP contribution < -0.4 is 4.90 Å². The molecule has 0 amide bonds. The molecule has 0 N–H and O–H groups in total. The van der Waals surface area contributed by atoms with Gasteiger partial charge in [-0.1, -0.05) is 0 Å². The van der Waals surface area contributed by atoms with Crippen LogP contribution in [0.25, 0.3) is 0 Å². The zero-order chi connectivity index (χ0) is 12.8. The normalized spacial score (nSPS) is 9.71. The Morgan fingerprint density at radius 1 is 1.59 bits per heavy atom. The molecule has 1 rings (SSSR count). The number of hydrogen-bond donors (Lipinski definition) is 0. The molecule has 0 aromatic heterocycles. The highest BCUT2D eigenvalue weighted by Gasteiger charge is 2.19. The van der Waals surface area contributed by atoms with Gasteiger partial charge in [0, 0.05) is 13.1 Å². The van der Waals surface area contributed by atoms with Gasteiger partial charge in [0.05, 0.1) is 23.5 Å². The minimum Gasteiger partial charge on any atom is -0.365 e. The third-order valence-corrected chi connectivity index (χ3v) is 2.35. The van der Waals surface area contributed by atoms with Gasteiger partial charge in [0.1, 0.15) is 11.5 Å². The molecule has 0 saturated heterocycles. The lowest BCUT2D eigenvalue weighted by Gasteiger charge is -2.21. The van der Waals surface area contributed by atoms with Gasteiger partial charge in [-0.3, -0.25) is 10.1 Å². The van der Waals surface area contributed by atoms with E-state index in [2.05, 4.69) is 0 Å². The molecule has 17 heavy (non-hydrogen) atoms. The summed E-state index contributed by atoms with van der Waals surface area (Å²) in [6.07, 6.45) is 0.266. The molecule has 0 heterocycles. The summed E-state index contributed by atoms with van der Waals surface area (Å²) in [4.78, 5) is 11.9. The van der Waals surface area contributed by atoms with Crippen LogP contribution >= 0.6 is 0 Å². The fraction of sp³-hybridized carbons (Fsp3) is 0.364. The Hall–Kier alpha value is -2.16. The molecular weight excluding hydrogens is 225 g/mol. The number of anilines is 1. The predicted molar refractivity (Wildman–Crippen MR) is 61.2 cm³/mol. The maximum Gasteiger partial charge on any atom is 0.295 e. The summed E-state index contributed by atoms with van der Waals surface area (Å²) in [6.45, 7) is 2.73. The van der Waals surface area contributed by atoms with Crippen molar-refractivity contribution in [3.8, 4) is 6.07 Å². The van der Waals surface area contributed by atoms with E-state index in [1.165, 1.54) is 12.1 Å². The van der Waals surface area contributed by atoms with Gasteiger partial charge >= 0.3 is 0 Å². The third-order valence-electron chi connectivity index (χ3n) is 2.35. The zero-order valence-electron chi connectivity index (χ0n) is 9.39. The SMILES string of the molecule is CCN(CCC#N)c1ccc(F)cc1[N+](=O)[O-]. The van der Waals surface area contributed by atoms with Gasteiger partial charge in [0.2, 0.25) is 0 Å². The number of halogens is 1. The van der Waals surface area contributed by atoms with E-state index in [-0.39, 0.29) is 12.1 Å². The van der Waals surface area contributed by atoms with Crippen molar-refractivity contribution >= 4 is 11.4 Å². The molecule has 6 heteroatoms. The number of hydrogen-bond acceptors (Lipinski definition) is 4. The molecule has 0 aliphatic carbocycles. The molecule has 1 aromatic carbocycles. The molecule has 0 aliphatic rings. The molecule has 0 atom stereocenters. The summed E-state index contributed by atoms with van der Waals surface area (Å²) in [5.41, 5.74) is 0.0685. The second kappa shape index (κ2) is 5.80. The lowest BCUT2D eigenvalue weighted by atomic mass is 10.2. The predicted octanol–water partition coefficient (Wildman–Crippen LogP) is 2.47. The average molecular weight is 237 g/mol. The maximum absolute atomic E-state index is 13.0. The van der Waals surface area contributed by atoms with E-state index in [0.29, 0.717) is 18.8 Å². The fourth-order valence-electron chi connectivity index (χ4n) is 1.54. The van der Waals surface area contributed by atoms with E-state index in [0.717, 1.165) is 6.07 Å². The Labute approximate surface area is 98.2 Å². The Bertz CT molecular complexity index is 457. The van der Waals surface area contributed by atoms with Gasteiger partial charge in [-0.15, -0.1) is 0 Å². The van der Waals surface area contributed by atoms with Crippen LogP contribution in [0.4, 0.5) is 15.8 Å². The van der Waals surface area contributed by atoms with E-state index < -0.39 is 10.7 Å². The molecule has 1 aromatic rings. The van der Waals surface area contributed by atoms with Crippen molar-refractivity contribution in [3.05, 3.63) is 34.1 Å². The summed E-state index contributed by atoms with van der Waals surface area (Å²) in [7, 11) is 0. The van der Waals surface area contributed by atoms with Crippen molar-refractivity contribution in [2.45, 2.75) is 13.3 Å². The van der Waals surface area contributed by atoms with Crippen LogP contribution in [-0.4, -0.2) is 18.0 Å². The molecule has 0 spiro atoms. The van der Waals surface area contributed by atoms with E-state index in [1.807, 2.05) is 13.0 Å². The molecular formula is C11H12FN3O2. The number of benzene rings is 1. The van der Waals surface area contributed by atoms with Crippen LogP contribution in [-0.2, 0) is 0 Å². The molecule has 90 valence electrons. The third kappa shape index (κ3) is 3.14. The minimum absolute atomic E-state index is 0.266. The lowest BCUT2D eigenvalue weighted by molar-refractivity contribution is -0.384. The van der Waals surface area contributed by atoms with Crippen LogP contribution in [0.1, 0.15) is 13.3 Å². The molecule has 0 bridgehead atoms. The van der Waals surface area contributed by atoms with Crippen molar-refractivity contribution in [3.63, 3.8) is 0 Å². The van der Waals surface area contributed by atoms with Gasteiger partial charge in [0.25, 0.3) is 5.69 Å². The molecule has 0 radical (unpaired) electrons. The molecule has 0 aliphatic heterocycles. The summed E-state index contributed by atoms with van der Waals surface area (Å²) in [5.74, 6) is -0.642. The first kappa shape index (κ1) is 12.9. The van der Waals surface area contributed by atoms with Gasteiger partial charge in [-0.05, 0) is 19.1 Å². The van der Waals surface area contributed by atoms with Crippen molar-refractivity contribution in [2.75, 3.05) is 18.0 Å². The van der Waals surface area contributed by atoms with Crippen molar-refractivity contribution < 1.29 is 9.31 Å². The number of nitro benzene ring substituents is 1. The fourth-order valence-corrected chi connectivity index (χ4v) is 1.54. The van der Waals surface area contributed by atoms with Crippen molar-refractivity contribution in [1.29, 1.82) is 5.26 Å². The largest absolute Gasteiger partial charge is 0.365 e. The molecule has 0 fully saturated rings. The van der Waals surface area contributed by atoms with Crippen molar-refractivity contribution in [2.24, 2.45) is 0 Å². The van der Waals surface area contributed by atoms with E-state index >= 15 is 0 Å². The number of nitro groups is 1. The minimum atomic E-state index is -0.642. The Morgan fingerprint density at radius 3 is 2.82 bits per heavy atom. The first-order valence-electron chi connectivity index (χ1n) is 5.16.